The van der Waals surface area contributed by atoms with Crippen LogP contribution in [0.2, 0.25) is 5.02 Å². The molecule has 0 saturated carbocycles. The first kappa shape index (κ1) is 13.4. The van der Waals surface area contributed by atoms with E-state index in [1.54, 1.807) is 22.8 Å². The van der Waals surface area contributed by atoms with Gasteiger partial charge in [0.15, 0.2) is 5.69 Å². The normalized spacial score (nSPS) is 14.4. The molecule has 4 heterocycles. The summed E-state index contributed by atoms with van der Waals surface area (Å²) >= 11 is 5.96. The van der Waals surface area contributed by atoms with Crippen LogP contribution in [0.25, 0.3) is 5.52 Å². The van der Waals surface area contributed by atoms with E-state index in [-0.39, 0.29) is 5.91 Å². The third-order valence-electron chi connectivity index (χ3n) is 4.17. The molecule has 0 bridgehead atoms. The summed E-state index contributed by atoms with van der Waals surface area (Å²) in [6.45, 7) is 4.25. The minimum Gasteiger partial charge on any atom is -0.345 e. The lowest BCUT2D eigenvalue weighted by Gasteiger charge is -2.28. The van der Waals surface area contributed by atoms with Gasteiger partial charge < -0.3 is 9.47 Å². The van der Waals surface area contributed by atoms with Gasteiger partial charge in [-0.25, -0.2) is 4.52 Å². The Morgan fingerprint density at radius 2 is 2.09 bits per heavy atom. The smallest absolute Gasteiger partial charge is 0.274 e. The van der Waals surface area contributed by atoms with Crippen molar-refractivity contribution in [2.24, 2.45) is 0 Å². The predicted molar refractivity (Wildman–Crippen MR) is 84.1 cm³/mol. The molecule has 0 unspecified atom stereocenters. The van der Waals surface area contributed by atoms with Crippen LogP contribution in [0.4, 0.5) is 0 Å². The number of aromatic nitrogens is 3. The second-order valence-electron chi connectivity index (χ2n) is 5.59. The molecular formula is C16H15ClN4O. The Kier molecular flexibility index (Phi) is 2.97. The number of nitrogens with zero attached hydrogens (tertiary/aromatic N) is 4. The SMILES string of the molecule is Cc1ccc2n1CCN(C(=O)c1cc3ccc(Cl)cn3n1)C2. The first-order valence-corrected chi connectivity index (χ1v) is 7.59. The van der Waals surface area contributed by atoms with E-state index in [1.165, 1.54) is 11.4 Å². The summed E-state index contributed by atoms with van der Waals surface area (Å²) < 4.78 is 3.90. The van der Waals surface area contributed by atoms with Gasteiger partial charge in [-0.2, -0.15) is 5.10 Å². The summed E-state index contributed by atoms with van der Waals surface area (Å²) in [5, 5.41) is 4.94. The van der Waals surface area contributed by atoms with Crippen molar-refractivity contribution in [2.45, 2.75) is 20.0 Å². The van der Waals surface area contributed by atoms with Crippen LogP contribution in [0.15, 0.2) is 36.5 Å². The fourth-order valence-corrected chi connectivity index (χ4v) is 3.13. The number of hydrogen-bond acceptors (Lipinski definition) is 2. The first-order chi connectivity index (χ1) is 10.6. The van der Waals surface area contributed by atoms with Crippen molar-refractivity contribution >= 4 is 23.0 Å². The average molecular weight is 315 g/mol. The molecule has 112 valence electrons. The molecule has 0 atom stereocenters. The van der Waals surface area contributed by atoms with Crippen LogP contribution < -0.4 is 0 Å². The molecule has 5 nitrogen and oxygen atoms in total. The van der Waals surface area contributed by atoms with Gasteiger partial charge in [-0.05, 0) is 37.3 Å². The summed E-state index contributed by atoms with van der Waals surface area (Å²) in [6, 6.07) is 9.63. The molecule has 0 aliphatic carbocycles. The first-order valence-electron chi connectivity index (χ1n) is 7.21. The number of aryl methyl sites for hydroxylation is 1. The maximum atomic E-state index is 12.7. The standard InChI is InChI=1S/C16H15ClN4O/c1-11-2-4-14-10-19(6-7-20(11)14)16(22)15-8-13-5-3-12(17)9-21(13)18-15/h2-5,8-9H,6-7,10H2,1H3. The predicted octanol–water partition coefficient (Wildman–Crippen LogP) is 2.75. The molecule has 0 fully saturated rings. The van der Waals surface area contributed by atoms with Gasteiger partial charge in [-0.3, -0.25) is 4.79 Å². The molecule has 0 saturated heterocycles. The van der Waals surface area contributed by atoms with Crippen molar-refractivity contribution in [1.29, 1.82) is 0 Å². The van der Waals surface area contributed by atoms with Gasteiger partial charge in [-0.1, -0.05) is 11.6 Å². The second-order valence-corrected chi connectivity index (χ2v) is 6.03. The van der Waals surface area contributed by atoms with Crippen molar-refractivity contribution in [1.82, 2.24) is 19.1 Å². The molecule has 0 aromatic carbocycles. The van der Waals surface area contributed by atoms with E-state index in [1.807, 2.05) is 11.0 Å². The number of hydrogen-bond donors (Lipinski definition) is 0. The highest BCUT2D eigenvalue weighted by atomic mass is 35.5. The highest BCUT2D eigenvalue weighted by Crippen LogP contribution is 2.19. The summed E-state index contributed by atoms with van der Waals surface area (Å²) in [5.41, 5.74) is 3.73. The maximum Gasteiger partial charge on any atom is 0.274 e. The van der Waals surface area contributed by atoms with Crippen molar-refractivity contribution in [2.75, 3.05) is 6.54 Å². The zero-order chi connectivity index (χ0) is 15.3. The van der Waals surface area contributed by atoms with E-state index in [9.17, 15) is 4.79 Å². The second kappa shape index (κ2) is 4.88. The van der Waals surface area contributed by atoms with E-state index in [0.717, 1.165) is 12.1 Å². The molecule has 0 radical (unpaired) electrons. The third-order valence-corrected chi connectivity index (χ3v) is 4.39. The van der Waals surface area contributed by atoms with Gasteiger partial charge in [0.25, 0.3) is 5.91 Å². The van der Waals surface area contributed by atoms with Crippen LogP contribution in [-0.2, 0) is 13.1 Å². The van der Waals surface area contributed by atoms with E-state index in [2.05, 4.69) is 28.7 Å². The molecule has 1 aliphatic heterocycles. The maximum absolute atomic E-state index is 12.7. The summed E-state index contributed by atoms with van der Waals surface area (Å²) in [7, 11) is 0. The number of carbonyl (C=O) groups is 1. The average Bonchev–Trinajstić information content (AvgIpc) is 3.09. The third kappa shape index (κ3) is 2.09. The Bertz CT molecular complexity index is 880. The van der Waals surface area contributed by atoms with Crippen LogP contribution in [0.5, 0.6) is 0 Å². The highest BCUT2D eigenvalue weighted by Gasteiger charge is 2.24. The fraction of sp³-hybridized carbons (Fsp3) is 0.250. The molecule has 0 spiro atoms. The van der Waals surface area contributed by atoms with E-state index in [4.69, 9.17) is 11.6 Å². The number of pyridine rings is 1. The lowest BCUT2D eigenvalue weighted by atomic mass is 10.2. The zero-order valence-corrected chi connectivity index (χ0v) is 12.9. The van der Waals surface area contributed by atoms with Crippen molar-refractivity contribution < 1.29 is 4.79 Å². The Morgan fingerprint density at radius 1 is 1.23 bits per heavy atom. The number of rotatable bonds is 1. The minimum atomic E-state index is -0.0371. The van der Waals surface area contributed by atoms with E-state index in [0.29, 0.717) is 23.8 Å². The van der Waals surface area contributed by atoms with Crippen LogP contribution in [0.1, 0.15) is 21.9 Å². The summed E-state index contributed by atoms with van der Waals surface area (Å²) in [4.78, 5) is 14.5. The quantitative estimate of drug-likeness (QED) is 0.693. The lowest BCUT2D eigenvalue weighted by Crippen LogP contribution is -2.38. The monoisotopic (exact) mass is 314 g/mol. The van der Waals surface area contributed by atoms with Crippen LogP contribution in [0, 0.1) is 6.92 Å². The van der Waals surface area contributed by atoms with Crippen LogP contribution >= 0.6 is 11.6 Å². The number of fused-ring (bicyclic) bond motifs is 2. The van der Waals surface area contributed by atoms with Gasteiger partial charge >= 0.3 is 0 Å². The Labute approximate surface area is 132 Å². The highest BCUT2D eigenvalue weighted by molar-refractivity contribution is 6.30. The van der Waals surface area contributed by atoms with Gasteiger partial charge in [0.1, 0.15) is 0 Å². The summed E-state index contributed by atoms with van der Waals surface area (Å²) in [5.74, 6) is -0.0371. The number of halogens is 1. The molecule has 1 aliphatic rings. The zero-order valence-electron chi connectivity index (χ0n) is 12.2. The van der Waals surface area contributed by atoms with Gasteiger partial charge in [0.05, 0.1) is 17.1 Å². The van der Waals surface area contributed by atoms with Crippen molar-refractivity contribution in [3.05, 3.63) is 58.6 Å². The van der Waals surface area contributed by atoms with E-state index < -0.39 is 0 Å². The largest absolute Gasteiger partial charge is 0.345 e. The van der Waals surface area contributed by atoms with Gasteiger partial charge in [0, 0.05) is 30.7 Å². The molecule has 22 heavy (non-hydrogen) atoms. The topological polar surface area (TPSA) is 42.5 Å². The molecular weight excluding hydrogens is 300 g/mol. The van der Waals surface area contributed by atoms with Gasteiger partial charge in [0.2, 0.25) is 0 Å². The van der Waals surface area contributed by atoms with Crippen LogP contribution in [0.3, 0.4) is 0 Å². The molecule has 3 aromatic rings. The Balaban J connectivity index is 1.63. The van der Waals surface area contributed by atoms with Gasteiger partial charge in [-0.15, -0.1) is 0 Å². The van der Waals surface area contributed by atoms with Crippen molar-refractivity contribution in [3.8, 4) is 0 Å². The summed E-state index contributed by atoms with van der Waals surface area (Å²) in [6.07, 6.45) is 1.71. The fourth-order valence-electron chi connectivity index (χ4n) is 2.98. The number of amides is 1. The lowest BCUT2D eigenvalue weighted by molar-refractivity contribution is 0.0704. The molecule has 1 amide bonds. The van der Waals surface area contributed by atoms with E-state index >= 15 is 0 Å². The molecule has 4 rings (SSSR count). The molecule has 0 N–H and O–H groups in total. The van der Waals surface area contributed by atoms with Crippen LogP contribution in [-0.4, -0.2) is 31.5 Å². The molecule has 6 heteroatoms. The van der Waals surface area contributed by atoms with Crippen molar-refractivity contribution in [3.63, 3.8) is 0 Å². The molecule has 3 aromatic heterocycles. The number of carbonyl (C=O) groups excluding carboxylic acids is 1. The minimum absolute atomic E-state index is 0.0371. The Hall–Kier alpha value is -2.27. The Morgan fingerprint density at radius 3 is 2.95 bits per heavy atom.